The van der Waals surface area contributed by atoms with E-state index in [0.29, 0.717) is 0 Å². The second kappa shape index (κ2) is 14.0. The first-order valence-electron chi connectivity index (χ1n) is 12.6. The molecule has 2 amide bonds. The van der Waals surface area contributed by atoms with Gasteiger partial charge in [0, 0.05) is 13.8 Å². The van der Waals surface area contributed by atoms with Gasteiger partial charge in [-0.1, -0.05) is 0 Å². The van der Waals surface area contributed by atoms with Crippen LogP contribution in [0.5, 0.6) is 0 Å². The van der Waals surface area contributed by atoms with Crippen molar-refractivity contribution in [2.75, 3.05) is 19.8 Å². The number of carbonyl (C=O) groups excluding carboxylic acids is 2. The highest BCUT2D eigenvalue weighted by molar-refractivity contribution is 5.73. The molecule has 3 fully saturated rings. The van der Waals surface area contributed by atoms with Gasteiger partial charge in [-0.25, -0.2) is 0 Å². The van der Waals surface area contributed by atoms with E-state index in [-0.39, 0.29) is 0 Å². The number of hydrogen-bond acceptors (Lipinski definition) is 16. The van der Waals surface area contributed by atoms with Gasteiger partial charge in [-0.15, -0.1) is 0 Å². The van der Waals surface area contributed by atoms with Crippen LogP contribution < -0.4 is 10.6 Å². The van der Waals surface area contributed by atoms with Crippen molar-refractivity contribution in [3.8, 4) is 0 Å². The van der Waals surface area contributed by atoms with Gasteiger partial charge in [-0.3, -0.25) is 9.59 Å². The van der Waals surface area contributed by atoms with Crippen molar-refractivity contribution < 1.29 is 79.2 Å². The van der Waals surface area contributed by atoms with Crippen molar-refractivity contribution in [2.45, 2.75) is 106 Å². The van der Waals surface area contributed by atoms with Crippen LogP contribution in [0.3, 0.4) is 0 Å². The molecule has 0 saturated carbocycles. The predicted molar refractivity (Wildman–Crippen MR) is 124 cm³/mol. The lowest BCUT2D eigenvalue weighted by Gasteiger charge is -2.49. The van der Waals surface area contributed by atoms with Gasteiger partial charge >= 0.3 is 0 Å². The molecule has 18 nitrogen and oxygen atoms in total. The first-order chi connectivity index (χ1) is 18.8. The minimum absolute atomic E-state index is 0.659. The predicted octanol–water partition coefficient (Wildman–Crippen LogP) is -7.29. The Bertz CT molecular complexity index is 854. The fraction of sp³-hybridized carbons (Fsp3) is 0.909. The Morgan fingerprint density at radius 3 is 1.57 bits per heavy atom. The molecular weight excluding hydrogens is 548 g/mol. The fourth-order valence-electron chi connectivity index (χ4n) is 4.84. The molecule has 0 aliphatic carbocycles. The molecule has 3 saturated heterocycles. The van der Waals surface area contributed by atoms with Crippen LogP contribution in [0.25, 0.3) is 0 Å². The standard InChI is InChI=1S/C22H38N2O16/c1-6(28)23-11-16(33)13(30)8(3-25)37-21(11)40-19-17(34)14(31)9(4-26)38-22(19)39-18-12(24-7(2)29)20(35)36-10(5-27)15(18)32/h8-22,25-27,30-35H,3-5H2,1-2H3,(H,23,28)(H,24,29)/t8-,9-,10-,11-,12-,13-,14-,15-,16-,17+,18-,19+,20+,21-,22+/m1/s1. The molecule has 18 heteroatoms. The number of aliphatic hydroxyl groups excluding tert-OH is 9. The quantitative estimate of drug-likeness (QED) is 0.120. The third-order valence-corrected chi connectivity index (χ3v) is 6.90. The van der Waals surface area contributed by atoms with Crippen LogP contribution in [0.15, 0.2) is 0 Å². The lowest BCUT2D eigenvalue weighted by Crippen LogP contribution is -2.69. The SMILES string of the molecule is CC(=O)N[C@@H]1[C@@H](O[C@@H]2O[C@H](CO)[C@@H](O)[C@H](O)[C@@H]2O[C@H]2O[C@H](CO)[C@@H](O)[C@H](O)[C@H]2NC(C)=O)[C@H](O)[C@@H](CO)O[C@@H]1O. The average Bonchev–Trinajstić information content (AvgIpc) is 2.90. The summed E-state index contributed by atoms with van der Waals surface area (Å²) in [6.07, 6.45) is -21.6. The molecule has 0 aromatic rings. The Balaban J connectivity index is 1.95. The lowest BCUT2D eigenvalue weighted by molar-refractivity contribution is -0.373. The molecule has 0 spiro atoms. The van der Waals surface area contributed by atoms with Gasteiger partial charge in [0.05, 0.1) is 19.8 Å². The number of hydrogen-bond donors (Lipinski definition) is 11. The molecule has 40 heavy (non-hydrogen) atoms. The Labute approximate surface area is 228 Å². The van der Waals surface area contributed by atoms with Crippen LogP contribution in [0, 0.1) is 0 Å². The summed E-state index contributed by atoms with van der Waals surface area (Å²) >= 11 is 0. The van der Waals surface area contributed by atoms with E-state index in [0.717, 1.165) is 13.8 Å². The van der Waals surface area contributed by atoms with E-state index in [1.54, 1.807) is 0 Å². The minimum atomic E-state index is -1.90. The molecule has 0 bridgehead atoms. The van der Waals surface area contributed by atoms with Gasteiger partial charge in [0.25, 0.3) is 0 Å². The van der Waals surface area contributed by atoms with Crippen LogP contribution in [0.4, 0.5) is 0 Å². The molecule has 232 valence electrons. The fourth-order valence-corrected chi connectivity index (χ4v) is 4.84. The summed E-state index contributed by atoms with van der Waals surface area (Å²) in [7, 11) is 0. The molecule has 15 atom stereocenters. The lowest BCUT2D eigenvalue weighted by atomic mass is 9.94. The highest BCUT2D eigenvalue weighted by atomic mass is 16.8. The van der Waals surface area contributed by atoms with E-state index in [9.17, 15) is 55.5 Å². The maximum Gasteiger partial charge on any atom is 0.217 e. The van der Waals surface area contributed by atoms with Crippen molar-refractivity contribution in [2.24, 2.45) is 0 Å². The van der Waals surface area contributed by atoms with E-state index in [1.807, 2.05) is 0 Å². The van der Waals surface area contributed by atoms with E-state index in [4.69, 9.17) is 23.7 Å². The van der Waals surface area contributed by atoms with Gasteiger partial charge in [0.2, 0.25) is 11.8 Å². The summed E-state index contributed by atoms with van der Waals surface area (Å²) in [6.45, 7) is -0.153. The summed E-state index contributed by atoms with van der Waals surface area (Å²) in [4.78, 5) is 23.6. The highest BCUT2D eigenvalue weighted by Crippen LogP contribution is 2.32. The first-order valence-corrected chi connectivity index (χ1v) is 12.6. The largest absolute Gasteiger partial charge is 0.394 e. The van der Waals surface area contributed by atoms with Crippen molar-refractivity contribution in [1.82, 2.24) is 10.6 Å². The Morgan fingerprint density at radius 1 is 0.600 bits per heavy atom. The normalized spacial score (nSPS) is 46.0. The molecule has 0 radical (unpaired) electrons. The Kier molecular flexibility index (Phi) is 11.5. The van der Waals surface area contributed by atoms with E-state index in [2.05, 4.69) is 10.6 Å². The number of aliphatic hydroxyl groups is 9. The molecule has 3 aliphatic heterocycles. The van der Waals surface area contributed by atoms with Crippen LogP contribution in [0.1, 0.15) is 13.8 Å². The number of rotatable bonds is 9. The third kappa shape index (κ3) is 7.05. The first kappa shape index (κ1) is 32.9. The summed E-state index contributed by atoms with van der Waals surface area (Å²) in [5, 5.41) is 96.9. The van der Waals surface area contributed by atoms with Crippen molar-refractivity contribution in [3.05, 3.63) is 0 Å². The van der Waals surface area contributed by atoms with Gasteiger partial charge in [-0.05, 0) is 0 Å². The van der Waals surface area contributed by atoms with Gasteiger partial charge in [0.1, 0.15) is 73.1 Å². The maximum absolute atomic E-state index is 11.8. The number of nitrogens with one attached hydrogen (secondary N) is 2. The van der Waals surface area contributed by atoms with Crippen molar-refractivity contribution in [1.29, 1.82) is 0 Å². The highest BCUT2D eigenvalue weighted by Gasteiger charge is 2.54. The van der Waals surface area contributed by atoms with E-state index < -0.39 is 124 Å². The molecule has 0 aromatic heterocycles. The van der Waals surface area contributed by atoms with Crippen molar-refractivity contribution in [3.63, 3.8) is 0 Å². The minimum Gasteiger partial charge on any atom is -0.394 e. The molecule has 0 aromatic carbocycles. The second-order valence-electron chi connectivity index (χ2n) is 9.81. The van der Waals surface area contributed by atoms with Gasteiger partial charge in [0.15, 0.2) is 18.9 Å². The van der Waals surface area contributed by atoms with Gasteiger partial charge < -0.3 is 80.3 Å². The number of ether oxygens (including phenoxy) is 5. The Morgan fingerprint density at radius 2 is 1.05 bits per heavy atom. The summed E-state index contributed by atoms with van der Waals surface area (Å²) in [5.74, 6) is -1.33. The molecular formula is C22H38N2O16. The molecule has 3 aliphatic rings. The summed E-state index contributed by atoms with van der Waals surface area (Å²) in [5.41, 5.74) is 0. The molecule has 11 N–H and O–H groups in total. The second-order valence-corrected chi connectivity index (χ2v) is 9.81. The molecule has 3 rings (SSSR count). The van der Waals surface area contributed by atoms with E-state index in [1.165, 1.54) is 0 Å². The van der Waals surface area contributed by atoms with Crippen molar-refractivity contribution >= 4 is 11.8 Å². The zero-order valence-corrected chi connectivity index (χ0v) is 21.7. The maximum atomic E-state index is 11.8. The average molecular weight is 587 g/mol. The van der Waals surface area contributed by atoms with E-state index >= 15 is 0 Å². The summed E-state index contributed by atoms with van der Waals surface area (Å²) < 4.78 is 27.8. The monoisotopic (exact) mass is 586 g/mol. The smallest absolute Gasteiger partial charge is 0.217 e. The number of amides is 2. The molecule has 0 unspecified atom stereocenters. The van der Waals surface area contributed by atoms with Gasteiger partial charge in [-0.2, -0.15) is 0 Å². The van der Waals surface area contributed by atoms with Crippen LogP contribution in [-0.2, 0) is 33.3 Å². The van der Waals surface area contributed by atoms with Crippen LogP contribution in [0.2, 0.25) is 0 Å². The zero-order chi connectivity index (χ0) is 29.9. The third-order valence-electron chi connectivity index (χ3n) is 6.90. The zero-order valence-electron chi connectivity index (χ0n) is 21.7. The van der Waals surface area contributed by atoms with Crippen LogP contribution >= 0.6 is 0 Å². The summed E-state index contributed by atoms with van der Waals surface area (Å²) in [6, 6.07) is -2.90. The van der Waals surface area contributed by atoms with Crippen LogP contribution in [-0.4, -0.2) is 170 Å². The number of carbonyl (C=O) groups is 2. The Hall–Kier alpha value is -1.62. The topological polar surface area (TPSA) is 286 Å². The molecule has 3 heterocycles.